The Kier molecular flexibility index (Phi) is 5.29. The molecule has 0 aromatic carbocycles. The minimum atomic E-state index is -0.748. The van der Waals surface area contributed by atoms with Crippen LogP contribution in [0.25, 0.3) is 0 Å². The molecule has 0 amide bonds. The van der Waals surface area contributed by atoms with Gasteiger partial charge in [-0.3, -0.25) is 4.79 Å². The Morgan fingerprint density at radius 2 is 2.43 bits per heavy atom. The highest BCUT2D eigenvalue weighted by Crippen LogP contribution is 2.20. The molecule has 0 bridgehead atoms. The fraction of sp³-hybridized carbons (Fsp3) is 0.889. The van der Waals surface area contributed by atoms with Crippen LogP contribution in [0.15, 0.2) is 0 Å². The summed E-state index contributed by atoms with van der Waals surface area (Å²) in [6.07, 6.45) is 2.24. The molecule has 82 valence electrons. The van der Waals surface area contributed by atoms with E-state index >= 15 is 0 Å². The SMILES string of the molecule is COCCSCC(NC1CC1)C(=O)O. The van der Waals surface area contributed by atoms with Gasteiger partial charge in [0.25, 0.3) is 0 Å². The maximum Gasteiger partial charge on any atom is 0.321 e. The van der Waals surface area contributed by atoms with Gasteiger partial charge in [-0.2, -0.15) is 11.8 Å². The molecule has 0 aliphatic heterocycles. The number of hydrogen-bond donors (Lipinski definition) is 2. The van der Waals surface area contributed by atoms with E-state index in [1.807, 2.05) is 0 Å². The summed E-state index contributed by atoms with van der Waals surface area (Å²) in [4.78, 5) is 10.8. The predicted octanol–water partition coefficient (Wildman–Crippen LogP) is 0.571. The van der Waals surface area contributed by atoms with Gasteiger partial charge in [-0.15, -0.1) is 0 Å². The monoisotopic (exact) mass is 219 g/mol. The van der Waals surface area contributed by atoms with Gasteiger partial charge in [0, 0.05) is 24.7 Å². The standard InChI is InChI=1S/C9H17NO3S/c1-13-4-5-14-6-8(9(11)12)10-7-2-3-7/h7-8,10H,2-6H2,1H3,(H,11,12). The van der Waals surface area contributed by atoms with Crippen LogP contribution in [0.4, 0.5) is 0 Å². The van der Waals surface area contributed by atoms with Crippen LogP contribution in [0, 0.1) is 0 Å². The zero-order valence-electron chi connectivity index (χ0n) is 8.36. The van der Waals surface area contributed by atoms with Crippen LogP contribution in [0.5, 0.6) is 0 Å². The highest BCUT2D eigenvalue weighted by atomic mass is 32.2. The van der Waals surface area contributed by atoms with Gasteiger partial charge in [0.05, 0.1) is 6.61 Å². The van der Waals surface area contributed by atoms with E-state index in [0.717, 1.165) is 18.6 Å². The second-order valence-corrected chi connectivity index (χ2v) is 4.55. The molecule has 4 nitrogen and oxygen atoms in total. The Labute approximate surface area is 88.4 Å². The number of hydrogen-bond acceptors (Lipinski definition) is 4. The van der Waals surface area contributed by atoms with Gasteiger partial charge in [-0.25, -0.2) is 0 Å². The lowest BCUT2D eigenvalue weighted by Crippen LogP contribution is -2.40. The summed E-state index contributed by atoms with van der Waals surface area (Å²) >= 11 is 1.62. The quantitative estimate of drug-likeness (QED) is 0.585. The number of carbonyl (C=O) groups is 1. The average molecular weight is 219 g/mol. The number of methoxy groups -OCH3 is 1. The smallest absolute Gasteiger partial charge is 0.321 e. The second-order valence-electron chi connectivity index (χ2n) is 3.40. The number of thioether (sulfide) groups is 1. The topological polar surface area (TPSA) is 58.6 Å². The van der Waals surface area contributed by atoms with Crippen LogP contribution < -0.4 is 5.32 Å². The van der Waals surface area contributed by atoms with Gasteiger partial charge in [-0.05, 0) is 12.8 Å². The van der Waals surface area contributed by atoms with Crippen LogP contribution in [-0.4, -0.2) is 48.4 Å². The van der Waals surface area contributed by atoms with Crippen LogP contribution in [0.3, 0.4) is 0 Å². The predicted molar refractivity (Wildman–Crippen MR) is 56.8 cm³/mol. The van der Waals surface area contributed by atoms with Crippen LogP contribution in [0.1, 0.15) is 12.8 Å². The fourth-order valence-electron chi connectivity index (χ4n) is 1.07. The molecule has 1 unspecified atom stereocenters. The van der Waals surface area contributed by atoms with Crippen molar-refractivity contribution in [3.05, 3.63) is 0 Å². The molecule has 1 rings (SSSR count). The lowest BCUT2D eigenvalue weighted by Gasteiger charge is -2.12. The Hall–Kier alpha value is -0.260. The second kappa shape index (κ2) is 6.27. The highest BCUT2D eigenvalue weighted by molar-refractivity contribution is 7.99. The molecule has 0 radical (unpaired) electrons. The number of rotatable bonds is 8. The first-order valence-corrected chi connectivity index (χ1v) is 5.95. The molecule has 0 aromatic rings. The Bertz CT molecular complexity index is 185. The summed E-state index contributed by atoms with van der Waals surface area (Å²) in [6.45, 7) is 0.681. The van der Waals surface area contributed by atoms with Crippen LogP contribution in [0.2, 0.25) is 0 Å². The lowest BCUT2D eigenvalue weighted by molar-refractivity contribution is -0.138. The van der Waals surface area contributed by atoms with Crippen molar-refractivity contribution in [2.45, 2.75) is 24.9 Å². The summed E-state index contributed by atoms with van der Waals surface area (Å²) < 4.78 is 4.89. The molecular formula is C9H17NO3S. The van der Waals surface area contributed by atoms with Crippen molar-refractivity contribution in [1.29, 1.82) is 0 Å². The third-order valence-electron chi connectivity index (χ3n) is 2.03. The van der Waals surface area contributed by atoms with Crippen LogP contribution in [-0.2, 0) is 9.53 Å². The van der Waals surface area contributed by atoms with Gasteiger partial charge in [-0.1, -0.05) is 0 Å². The number of nitrogens with one attached hydrogen (secondary N) is 1. The van der Waals surface area contributed by atoms with E-state index in [1.165, 1.54) is 0 Å². The molecule has 0 aromatic heterocycles. The maximum absolute atomic E-state index is 10.8. The van der Waals surface area contributed by atoms with E-state index in [1.54, 1.807) is 18.9 Å². The van der Waals surface area contributed by atoms with Gasteiger partial charge < -0.3 is 15.2 Å². The van der Waals surface area contributed by atoms with E-state index in [-0.39, 0.29) is 0 Å². The average Bonchev–Trinajstić information content (AvgIpc) is 2.93. The number of ether oxygens (including phenoxy) is 1. The van der Waals surface area contributed by atoms with Gasteiger partial charge in [0.2, 0.25) is 0 Å². The summed E-state index contributed by atoms with van der Waals surface area (Å²) in [5.74, 6) is 0.726. The van der Waals surface area contributed by atoms with Gasteiger partial charge in [0.1, 0.15) is 6.04 Å². The minimum absolute atomic E-state index is 0.399. The molecule has 5 heteroatoms. The molecule has 1 atom stereocenters. The first-order valence-electron chi connectivity index (χ1n) is 4.79. The first-order chi connectivity index (χ1) is 6.74. The largest absolute Gasteiger partial charge is 0.480 e. The van der Waals surface area contributed by atoms with Gasteiger partial charge in [0.15, 0.2) is 0 Å². The molecule has 0 spiro atoms. The molecule has 1 fully saturated rings. The van der Waals surface area contributed by atoms with E-state index in [4.69, 9.17) is 9.84 Å². The zero-order chi connectivity index (χ0) is 10.4. The van der Waals surface area contributed by atoms with E-state index in [2.05, 4.69) is 5.32 Å². The molecular weight excluding hydrogens is 202 g/mol. The van der Waals surface area contributed by atoms with Crippen molar-refractivity contribution < 1.29 is 14.6 Å². The molecule has 1 aliphatic carbocycles. The van der Waals surface area contributed by atoms with Crippen molar-refractivity contribution in [2.24, 2.45) is 0 Å². The Morgan fingerprint density at radius 3 is 2.93 bits per heavy atom. The van der Waals surface area contributed by atoms with Gasteiger partial charge >= 0.3 is 5.97 Å². The molecule has 1 saturated carbocycles. The molecule has 2 N–H and O–H groups in total. The summed E-state index contributed by atoms with van der Waals surface area (Å²) in [7, 11) is 1.65. The first kappa shape index (κ1) is 11.8. The molecule has 14 heavy (non-hydrogen) atoms. The normalized spacial score (nSPS) is 18.1. The van der Waals surface area contributed by atoms with Crippen molar-refractivity contribution in [2.75, 3.05) is 25.2 Å². The fourth-order valence-corrected chi connectivity index (χ4v) is 1.99. The molecule has 1 aliphatic rings. The highest BCUT2D eigenvalue weighted by Gasteiger charge is 2.27. The number of aliphatic carboxylic acids is 1. The number of carboxylic acids is 1. The molecule has 0 heterocycles. The van der Waals surface area contributed by atoms with Crippen molar-refractivity contribution in [3.8, 4) is 0 Å². The lowest BCUT2D eigenvalue weighted by atomic mass is 10.3. The third kappa shape index (κ3) is 4.83. The van der Waals surface area contributed by atoms with Crippen molar-refractivity contribution >= 4 is 17.7 Å². The van der Waals surface area contributed by atoms with Crippen LogP contribution >= 0.6 is 11.8 Å². The van der Waals surface area contributed by atoms with E-state index in [9.17, 15) is 4.79 Å². The van der Waals surface area contributed by atoms with Crippen molar-refractivity contribution in [1.82, 2.24) is 5.32 Å². The summed E-state index contributed by atoms with van der Waals surface area (Å²) in [5.41, 5.74) is 0. The minimum Gasteiger partial charge on any atom is -0.480 e. The third-order valence-corrected chi connectivity index (χ3v) is 3.05. The van der Waals surface area contributed by atoms with E-state index in [0.29, 0.717) is 18.4 Å². The Morgan fingerprint density at radius 1 is 1.71 bits per heavy atom. The van der Waals surface area contributed by atoms with E-state index < -0.39 is 12.0 Å². The Balaban J connectivity index is 2.10. The summed E-state index contributed by atoms with van der Waals surface area (Å²) in [6, 6.07) is 0.0449. The molecule has 0 saturated heterocycles. The summed E-state index contributed by atoms with van der Waals surface area (Å²) in [5, 5.41) is 12.0. The maximum atomic E-state index is 10.8. The number of carboxylic acid groups (broad SMARTS) is 1. The van der Waals surface area contributed by atoms with Crippen molar-refractivity contribution in [3.63, 3.8) is 0 Å². The zero-order valence-corrected chi connectivity index (χ0v) is 9.18.